The summed E-state index contributed by atoms with van der Waals surface area (Å²) in [5.74, 6) is 0.783. The van der Waals surface area contributed by atoms with E-state index in [1.54, 1.807) is 4.57 Å². The molecule has 2 saturated carbocycles. The molecule has 1 unspecified atom stereocenters. The van der Waals surface area contributed by atoms with E-state index < -0.39 is 19.9 Å². The topological polar surface area (TPSA) is 245 Å². The zero-order valence-corrected chi connectivity index (χ0v) is 34.2. The predicted octanol–water partition coefficient (Wildman–Crippen LogP) is 4.23. The summed E-state index contributed by atoms with van der Waals surface area (Å²) < 4.78 is 22.5. The first-order valence-corrected chi connectivity index (χ1v) is 22.8. The Kier molecular flexibility index (Phi) is 11.8. The van der Waals surface area contributed by atoms with E-state index in [-0.39, 0.29) is 59.9 Å². The number of aliphatic hydroxyl groups excluding tert-OH is 2. The van der Waals surface area contributed by atoms with Crippen LogP contribution >= 0.6 is 0 Å². The SMILES string of the molecule is C=C1[C@@H]2COC(c3ccccc3)O[C@H]2C[C@@H]1n1cnc2c(OCc3ccccc3)nc(N[Si](C)(C)C)nc21.C=C1[C@H](CO)[C@@H](O)C[C@@H]1n1cnc2c(=O)[nH]c(N)nc21.O. The summed E-state index contributed by atoms with van der Waals surface area (Å²) in [5.41, 5.74) is 10.9. The highest BCUT2D eigenvalue weighted by Gasteiger charge is 2.45. The molecule has 7 atom stereocenters. The molecule has 3 fully saturated rings. The quantitative estimate of drug-likeness (QED) is 0.101. The molecule has 6 aromatic rings. The second kappa shape index (κ2) is 16.8. The van der Waals surface area contributed by atoms with Gasteiger partial charge in [-0.2, -0.15) is 15.0 Å². The number of aromatic nitrogens is 8. The van der Waals surface area contributed by atoms with E-state index in [1.165, 1.54) is 6.33 Å². The average molecular weight is 823 g/mol. The number of H-pyrrole nitrogens is 1. The van der Waals surface area contributed by atoms with Crippen molar-refractivity contribution in [1.29, 1.82) is 0 Å². The standard InChI is InChI=1S/C29H33N5O3Si.C12H15N5O3.H2O/c1-19-22-17-36-28(21-13-9-6-10-14-21)37-24(22)15-23(19)34-18-30-25-26(34)31-29(33-38(2,3)4)32-27(25)35-16-20-11-7-5-8-12-20;1-5-6(3-18)8(19)2-7(5)17-4-14-9-10(17)15-12(13)16-11(9)20;/h5-14,18,22-24,28H,1,15-17H2,2-4H3,(H,31,32,33);4,6-8,18-19H,1-3H2,(H3,13,15,16,20);1H2/t22-,23-,24-,28?;6-,7-,8-;/m00./s1. The van der Waals surface area contributed by atoms with Gasteiger partial charge in [0.05, 0.1) is 50.2 Å². The summed E-state index contributed by atoms with van der Waals surface area (Å²) in [4.78, 5) is 40.1. The zero-order valence-electron chi connectivity index (χ0n) is 33.2. The Bertz CT molecular complexity index is 2500. The summed E-state index contributed by atoms with van der Waals surface area (Å²) in [6.07, 6.45) is 3.46. The molecular formula is C41H50N10O7Si. The monoisotopic (exact) mass is 822 g/mol. The number of nitrogens with two attached hydrogens (primary N) is 1. The molecule has 0 bridgehead atoms. The van der Waals surface area contributed by atoms with Gasteiger partial charge in [-0.05, 0) is 29.6 Å². The number of nitrogen functional groups attached to an aromatic ring is 1. The maximum absolute atomic E-state index is 11.7. The van der Waals surface area contributed by atoms with Crippen LogP contribution in [0.4, 0.5) is 11.9 Å². The lowest BCUT2D eigenvalue weighted by Gasteiger charge is -2.33. The van der Waals surface area contributed by atoms with Crippen LogP contribution in [0.1, 0.15) is 42.3 Å². The number of benzene rings is 2. The molecular weight excluding hydrogens is 773 g/mol. The van der Waals surface area contributed by atoms with Gasteiger partial charge in [0.1, 0.15) is 14.8 Å². The minimum absolute atomic E-state index is 0. The number of rotatable bonds is 9. The molecule has 5 heterocycles. The van der Waals surface area contributed by atoms with Crippen molar-refractivity contribution in [3.05, 3.63) is 119 Å². The highest BCUT2D eigenvalue weighted by molar-refractivity contribution is 6.79. The number of ether oxygens (including phenoxy) is 3. The molecule has 3 aliphatic rings. The van der Waals surface area contributed by atoms with Crippen molar-refractivity contribution in [1.82, 2.24) is 39.0 Å². The van der Waals surface area contributed by atoms with Gasteiger partial charge in [0.25, 0.3) is 5.56 Å². The molecule has 0 spiro atoms. The Balaban J connectivity index is 0.000000212. The molecule has 2 aromatic carbocycles. The number of aliphatic hydroxyl groups is 2. The molecule has 1 aliphatic heterocycles. The number of hydrogen-bond donors (Lipinski definition) is 5. The molecule has 1 saturated heterocycles. The van der Waals surface area contributed by atoms with Crippen molar-refractivity contribution in [3.8, 4) is 5.88 Å². The van der Waals surface area contributed by atoms with Crippen LogP contribution < -0.4 is 21.0 Å². The van der Waals surface area contributed by atoms with E-state index in [0.29, 0.717) is 48.2 Å². The van der Waals surface area contributed by atoms with Crippen molar-refractivity contribution in [2.75, 3.05) is 23.9 Å². The van der Waals surface area contributed by atoms with Crippen LogP contribution in [0.3, 0.4) is 0 Å². The summed E-state index contributed by atoms with van der Waals surface area (Å²) in [6.45, 7) is 15.9. The fourth-order valence-electron chi connectivity index (χ4n) is 7.93. The van der Waals surface area contributed by atoms with Crippen molar-refractivity contribution < 1.29 is 29.9 Å². The van der Waals surface area contributed by atoms with Crippen LogP contribution in [0.15, 0.2) is 102 Å². The van der Waals surface area contributed by atoms with E-state index in [1.807, 2.05) is 67.0 Å². The Hall–Kier alpha value is -5.76. The Labute approximate surface area is 341 Å². The van der Waals surface area contributed by atoms with E-state index in [0.717, 1.165) is 28.8 Å². The minimum Gasteiger partial charge on any atom is -0.471 e. The maximum Gasteiger partial charge on any atom is 0.280 e. The van der Waals surface area contributed by atoms with Gasteiger partial charge in [0.2, 0.25) is 17.8 Å². The van der Waals surface area contributed by atoms with Crippen LogP contribution in [0.2, 0.25) is 19.6 Å². The first-order valence-electron chi connectivity index (χ1n) is 19.3. The van der Waals surface area contributed by atoms with Crippen molar-refractivity contribution in [2.45, 2.75) is 69.7 Å². The van der Waals surface area contributed by atoms with Gasteiger partial charge in [-0.15, -0.1) is 0 Å². The Morgan fingerprint density at radius 2 is 1.58 bits per heavy atom. The van der Waals surface area contributed by atoms with Crippen molar-refractivity contribution in [3.63, 3.8) is 0 Å². The molecule has 8 N–H and O–H groups in total. The molecule has 4 aromatic heterocycles. The van der Waals surface area contributed by atoms with Gasteiger partial charge in [-0.3, -0.25) is 9.78 Å². The molecule has 17 nitrogen and oxygen atoms in total. The molecule has 0 radical (unpaired) electrons. The lowest BCUT2D eigenvalue weighted by atomic mass is 10.0. The second-order valence-electron chi connectivity index (χ2n) is 16.0. The van der Waals surface area contributed by atoms with Crippen LogP contribution in [0.25, 0.3) is 22.3 Å². The lowest BCUT2D eigenvalue weighted by molar-refractivity contribution is -0.229. The van der Waals surface area contributed by atoms with Crippen molar-refractivity contribution >= 4 is 42.5 Å². The normalized spacial score (nSPS) is 24.1. The summed E-state index contributed by atoms with van der Waals surface area (Å²) >= 11 is 0. The smallest absolute Gasteiger partial charge is 0.280 e. The average Bonchev–Trinajstić information content (AvgIpc) is 3.97. The molecule has 0 amide bonds. The summed E-state index contributed by atoms with van der Waals surface area (Å²) in [5, 5.41) is 19.2. The first-order chi connectivity index (χ1) is 27.9. The third-order valence-electron chi connectivity index (χ3n) is 10.9. The lowest BCUT2D eigenvalue weighted by Crippen LogP contribution is -2.33. The third-order valence-corrected chi connectivity index (χ3v) is 11.8. The van der Waals surface area contributed by atoms with Gasteiger partial charge in [-0.1, -0.05) is 93.5 Å². The summed E-state index contributed by atoms with van der Waals surface area (Å²) in [6, 6.07) is 19.9. The first kappa shape index (κ1) is 41.4. The van der Waals surface area contributed by atoms with E-state index in [9.17, 15) is 15.0 Å². The van der Waals surface area contributed by atoms with Gasteiger partial charge in [0, 0.05) is 17.4 Å². The maximum atomic E-state index is 11.7. The fourth-order valence-corrected chi connectivity index (χ4v) is 8.71. The number of fused-ring (bicyclic) bond motifs is 3. The van der Waals surface area contributed by atoms with Crippen molar-refractivity contribution in [2.24, 2.45) is 11.8 Å². The van der Waals surface area contributed by atoms with Gasteiger partial charge < -0.3 is 49.8 Å². The molecule has 2 aliphatic carbocycles. The number of aromatic amines is 1. The highest BCUT2D eigenvalue weighted by Crippen LogP contribution is 2.47. The number of imidazole rings is 2. The molecule has 310 valence electrons. The zero-order chi connectivity index (χ0) is 40.7. The number of nitrogens with one attached hydrogen (secondary N) is 2. The van der Waals surface area contributed by atoms with Crippen LogP contribution in [-0.4, -0.2) is 88.4 Å². The number of anilines is 2. The molecule has 59 heavy (non-hydrogen) atoms. The van der Waals surface area contributed by atoms with Gasteiger partial charge in [-0.25, -0.2) is 9.97 Å². The molecule has 9 rings (SSSR count). The van der Waals surface area contributed by atoms with E-state index in [4.69, 9.17) is 34.9 Å². The number of nitrogens with zero attached hydrogens (tertiary/aromatic N) is 7. The Morgan fingerprint density at radius 1 is 0.932 bits per heavy atom. The fraction of sp³-hybridized carbons (Fsp3) is 0.366. The van der Waals surface area contributed by atoms with Gasteiger partial charge in [0.15, 0.2) is 28.6 Å². The van der Waals surface area contributed by atoms with E-state index >= 15 is 0 Å². The third kappa shape index (κ3) is 8.41. The number of hydrogen-bond acceptors (Lipinski definition) is 13. The largest absolute Gasteiger partial charge is 0.471 e. The van der Waals surface area contributed by atoms with E-state index in [2.05, 4.69) is 57.3 Å². The van der Waals surface area contributed by atoms with Crippen LogP contribution in [0.5, 0.6) is 5.88 Å². The predicted molar refractivity (Wildman–Crippen MR) is 225 cm³/mol. The van der Waals surface area contributed by atoms with Crippen LogP contribution in [-0.2, 0) is 16.1 Å². The highest BCUT2D eigenvalue weighted by atomic mass is 28.3. The van der Waals surface area contributed by atoms with Crippen LogP contribution in [0, 0.1) is 11.8 Å². The van der Waals surface area contributed by atoms with Gasteiger partial charge >= 0.3 is 0 Å². The minimum atomic E-state index is -1.72. The molecule has 18 heteroatoms. The Morgan fingerprint density at radius 3 is 2.24 bits per heavy atom. The second-order valence-corrected chi connectivity index (χ2v) is 20.7. The summed E-state index contributed by atoms with van der Waals surface area (Å²) in [7, 11) is -1.72.